The van der Waals surface area contributed by atoms with Gasteiger partial charge in [0.2, 0.25) is 5.95 Å². The Bertz CT molecular complexity index is 1150. The van der Waals surface area contributed by atoms with E-state index in [0.717, 1.165) is 12.3 Å². The minimum Gasteiger partial charge on any atom is -0.359 e. The van der Waals surface area contributed by atoms with Gasteiger partial charge in [-0.2, -0.15) is 0 Å². The fourth-order valence-corrected chi connectivity index (χ4v) is 3.14. The standard InChI is InChI=1S/C19H18F3N5/c1-10-6-12-14(8-13(10)20)24-9-16(12)26-18-25-15-7-11(19(2,21)22)4-5-17(15)27(18)23-3/h4-9,23-24H,1-3H3,(H,25,26). The summed E-state index contributed by atoms with van der Waals surface area (Å²) in [6.07, 6.45) is 1.72. The maximum atomic E-state index is 13.7. The largest absolute Gasteiger partial charge is 0.359 e. The van der Waals surface area contributed by atoms with Crippen molar-refractivity contribution in [2.45, 2.75) is 19.8 Å². The zero-order valence-corrected chi connectivity index (χ0v) is 15.0. The van der Waals surface area contributed by atoms with Gasteiger partial charge in [0.25, 0.3) is 5.92 Å². The third kappa shape index (κ3) is 2.87. The first-order valence-corrected chi connectivity index (χ1v) is 8.41. The molecular weight excluding hydrogens is 355 g/mol. The second-order valence-electron chi connectivity index (χ2n) is 6.56. The van der Waals surface area contributed by atoms with Crippen LogP contribution in [-0.2, 0) is 5.92 Å². The first-order chi connectivity index (χ1) is 12.8. The summed E-state index contributed by atoms with van der Waals surface area (Å²) in [5.74, 6) is -2.79. The number of hydrogen-bond donors (Lipinski definition) is 3. The van der Waals surface area contributed by atoms with Crippen LogP contribution in [0, 0.1) is 12.7 Å². The molecule has 0 unspecified atom stereocenters. The summed E-state index contributed by atoms with van der Waals surface area (Å²) in [6.45, 7) is 2.55. The maximum Gasteiger partial charge on any atom is 0.270 e. The molecular formula is C19H18F3N5. The van der Waals surface area contributed by atoms with Crippen molar-refractivity contribution in [1.29, 1.82) is 0 Å². The molecule has 27 heavy (non-hydrogen) atoms. The Morgan fingerprint density at radius 2 is 1.96 bits per heavy atom. The first kappa shape index (κ1) is 17.3. The third-order valence-corrected chi connectivity index (χ3v) is 4.59. The minimum absolute atomic E-state index is 0.0968. The Labute approximate surface area is 153 Å². The molecule has 0 bridgehead atoms. The van der Waals surface area contributed by atoms with Crippen molar-refractivity contribution in [2.24, 2.45) is 0 Å². The molecule has 0 aliphatic rings. The highest BCUT2D eigenvalue weighted by molar-refractivity contribution is 5.95. The smallest absolute Gasteiger partial charge is 0.270 e. The van der Waals surface area contributed by atoms with Gasteiger partial charge < -0.3 is 15.7 Å². The Hall–Kier alpha value is -3.16. The van der Waals surface area contributed by atoms with Crippen LogP contribution in [0.4, 0.5) is 24.8 Å². The van der Waals surface area contributed by atoms with Crippen LogP contribution in [0.2, 0.25) is 0 Å². The molecule has 0 aliphatic carbocycles. The molecule has 0 fully saturated rings. The molecule has 0 saturated carbocycles. The van der Waals surface area contributed by atoms with Gasteiger partial charge in [0.1, 0.15) is 5.82 Å². The summed E-state index contributed by atoms with van der Waals surface area (Å²) in [5.41, 5.74) is 5.89. The second-order valence-corrected chi connectivity index (χ2v) is 6.56. The number of rotatable bonds is 4. The number of anilines is 2. The molecule has 5 nitrogen and oxygen atoms in total. The average Bonchev–Trinajstić information content (AvgIpc) is 3.15. The Morgan fingerprint density at radius 3 is 2.67 bits per heavy atom. The predicted octanol–water partition coefficient (Wildman–Crippen LogP) is 4.99. The first-order valence-electron chi connectivity index (χ1n) is 8.41. The van der Waals surface area contributed by atoms with E-state index < -0.39 is 5.92 Å². The summed E-state index contributed by atoms with van der Waals surface area (Å²) in [6, 6.07) is 7.55. The number of benzene rings is 2. The van der Waals surface area contributed by atoms with Crippen LogP contribution in [0.1, 0.15) is 18.1 Å². The lowest BCUT2D eigenvalue weighted by molar-refractivity contribution is 0.0176. The molecule has 3 N–H and O–H groups in total. The van der Waals surface area contributed by atoms with Crippen molar-refractivity contribution >= 4 is 33.6 Å². The summed E-state index contributed by atoms with van der Waals surface area (Å²) >= 11 is 0. The van der Waals surface area contributed by atoms with Gasteiger partial charge in [-0.1, -0.05) is 6.07 Å². The molecule has 0 saturated heterocycles. The summed E-state index contributed by atoms with van der Waals surface area (Å²) in [5, 5.41) is 4.00. The summed E-state index contributed by atoms with van der Waals surface area (Å²) in [4.78, 5) is 7.46. The molecule has 2 aromatic carbocycles. The number of aromatic nitrogens is 3. The van der Waals surface area contributed by atoms with E-state index in [0.29, 0.717) is 33.7 Å². The zero-order chi connectivity index (χ0) is 19.3. The van der Waals surface area contributed by atoms with Crippen molar-refractivity contribution in [3.8, 4) is 0 Å². The SMILES string of the molecule is CNn1c(Nc2c[nH]c3cc(F)c(C)cc23)nc2cc(C(C)(F)F)ccc21. The lowest BCUT2D eigenvalue weighted by atomic mass is 10.1. The van der Waals surface area contributed by atoms with Crippen molar-refractivity contribution in [3.63, 3.8) is 0 Å². The molecule has 0 radical (unpaired) electrons. The summed E-state index contributed by atoms with van der Waals surface area (Å²) in [7, 11) is 1.71. The van der Waals surface area contributed by atoms with Crippen LogP contribution in [0.15, 0.2) is 36.5 Å². The van der Waals surface area contributed by atoms with Gasteiger partial charge in [0.15, 0.2) is 0 Å². The normalized spacial score (nSPS) is 12.1. The van der Waals surface area contributed by atoms with E-state index in [4.69, 9.17) is 0 Å². The van der Waals surface area contributed by atoms with Gasteiger partial charge >= 0.3 is 0 Å². The van der Waals surface area contributed by atoms with Gasteiger partial charge in [-0.3, -0.25) is 0 Å². The highest BCUT2D eigenvalue weighted by atomic mass is 19.3. The molecule has 140 valence electrons. The molecule has 0 spiro atoms. The fourth-order valence-electron chi connectivity index (χ4n) is 3.14. The van der Waals surface area contributed by atoms with Crippen LogP contribution in [0.3, 0.4) is 0 Å². The van der Waals surface area contributed by atoms with Crippen LogP contribution in [0.5, 0.6) is 0 Å². The maximum absolute atomic E-state index is 13.7. The number of nitrogens with one attached hydrogen (secondary N) is 3. The van der Waals surface area contributed by atoms with Crippen LogP contribution < -0.4 is 10.7 Å². The molecule has 2 aromatic heterocycles. The van der Waals surface area contributed by atoms with Crippen molar-refractivity contribution in [3.05, 3.63) is 53.5 Å². The van der Waals surface area contributed by atoms with E-state index in [-0.39, 0.29) is 11.4 Å². The molecule has 4 aromatic rings. The quantitative estimate of drug-likeness (QED) is 0.472. The molecule has 0 amide bonds. The van der Waals surface area contributed by atoms with E-state index in [2.05, 4.69) is 20.7 Å². The number of aryl methyl sites for hydroxylation is 1. The molecule has 0 aliphatic heterocycles. The van der Waals surface area contributed by atoms with Crippen LogP contribution in [0.25, 0.3) is 21.9 Å². The Kier molecular flexibility index (Phi) is 3.80. The number of H-pyrrole nitrogens is 1. The van der Waals surface area contributed by atoms with E-state index in [9.17, 15) is 13.2 Å². The van der Waals surface area contributed by atoms with Crippen LogP contribution in [-0.4, -0.2) is 21.7 Å². The van der Waals surface area contributed by atoms with Gasteiger partial charge in [-0.25, -0.2) is 22.8 Å². The Morgan fingerprint density at radius 1 is 1.19 bits per heavy atom. The predicted molar refractivity (Wildman–Crippen MR) is 101 cm³/mol. The van der Waals surface area contributed by atoms with Gasteiger partial charge in [0, 0.05) is 31.1 Å². The highest BCUT2D eigenvalue weighted by Gasteiger charge is 2.25. The van der Waals surface area contributed by atoms with Gasteiger partial charge in [-0.15, -0.1) is 0 Å². The van der Waals surface area contributed by atoms with Crippen molar-refractivity contribution in [1.82, 2.24) is 14.6 Å². The van der Waals surface area contributed by atoms with Gasteiger partial charge in [0.05, 0.1) is 22.2 Å². The molecule has 4 rings (SSSR count). The average molecular weight is 373 g/mol. The minimum atomic E-state index is -2.94. The van der Waals surface area contributed by atoms with E-state index in [1.807, 2.05) is 0 Å². The topological polar surface area (TPSA) is 57.7 Å². The fraction of sp³-hybridized carbons (Fsp3) is 0.211. The van der Waals surface area contributed by atoms with Crippen molar-refractivity contribution < 1.29 is 13.2 Å². The number of hydrogen-bond acceptors (Lipinski definition) is 3. The number of alkyl halides is 2. The monoisotopic (exact) mass is 373 g/mol. The van der Waals surface area contributed by atoms with Crippen molar-refractivity contribution in [2.75, 3.05) is 17.8 Å². The van der Waals surface area contributed by atoms with Crippen LogP contribution >= 0.6 is 0 Å². The van der Waals surface area contributed by atoms with Gasteiger partial charge in [-0.05, 0) is 36.8 Å². The zero-order valence-electron chi connectivity index (χ0n) is 15.0. The Balaban J connectivity index is 1.81. The van der Waals surface area contributed by atoms with E-state index in [1.165, 1.54) is 18.2 Å². The number of imidazole rings is 1. The molecule has 2 heterocycles. The summed E-state index contributed by atoms with van der Waals surface area (Å²) < 4.78 is 42.7. The van der Waals surface area contributed by atoms with E-state index in [1.54, 1.807) is 37.0 Å². The number of halogens is 3. The number of aromatic amines is 1. The van der Waals surface area contributed by atoms with E-state index >= 15 is 0 Å². The second kappa shape index (κ2) is 5.94. The molecule has 0 atom stereocenters. The lowest BCUT2D eigenvalue weighted by Crippen LogP contribution is -2.12. The highest BCUT2D eigenvalue weighted by Crippen LogP contribution is 2.32. The molecule has 8 heteroatoms. The number of nitrogens with zero attached hydrogens (tertiary/aromatic N) is 2. The third-order valence-electron chi connectivity index (χ3n) is 4.59. The lowest BCUT2D eigenvalue weighted by Gasteiger charge is -2.11. The number of fused-ring (bicyclic) bond motifs is 2.